The Morgan fingerprint density at radius 2 is 2.25 bits per heavy atom. The van der Waals surface area contributed by atoms with Crippen LogP contribution in [0.25, 0.3) is 0 Å². The zero-order chi connectivity index (χ0) is 12.1. The van der Waals surface area contributed by atoms with Crippen LogP contribution in [0.1, 0.15) is 23.7 Å². The molecule has 0 aliphatic rings. The second kappa shape index (κ2) is 5.26. The second-order valence-electron chi connectivity index (χ2n) is 3.37. The molecule has 0 fully saturated rings. The Morgan fingerprint density at radius 1 is 1.56 bits per heavy atom. The first-order chi connectivity index (χ1) is 7.54. The van der Waals surface area contributed by atoms with E-state index in [0.29, 0.717) is 6.42 Å². The maximum atomic E-state index is 11.5. The number of aliphatic hydroxyl groups excluding tert-OH is 1. The van der Waals surface area contributed by atoms with E-state index in [1.165, 1.54) is 0 Å². The van der Waals surface area contributed by atoms with Crippen molar-refractivity contribution in [2.75, 3.05) is 6.61 Å². The van der Waals surface area contributed by atoms with Gasteiger partial charge >= 0.3 is 5.69 Å². The first-order valence-corrected chi connectivity index (χ1v) is 4.78. The molecule has 0 bridgehead atoms. The van der Waals surface area contributed by atoms with Gasteiger partial charge in [-0.2, -0.15) is 0 Å². The average molecular weight is 227 g/mol. The number of carbonyl (C=O) groups is 1. The van der Waals surface area contributed by atoms with E-state index in [1.807, 2.05) is 4.98 Å². The zero-order valence-electron chi connectivity index (χ0n) is 8.74. The molecule has 0 aliphatic heterocycles. The van der Waals surface area contributed by atoms with Crippen LogP contribution < -0.4 is 16.6 Å². The van der Waals surface area contributed by atoms with Crippen LogP contribution in [-0.2, 0) is 0 Å². The third-order valence-corrected chi connectivity index (χ3v) is 2.00. The highest BCUT2D eigenvalue weighted by atomic mass is 16.3. The molecule has 16 heavy (non-hydrogen) atoms. The number of hydrogen-bond acceptors (Lipinski definition) is 4. The maximum absolute atomic E-state index is 11.5. The summed E-state index contributed by atoms with van der Waals surface area (Å²) in [5.41, 5.74) is -1.56. The van der Waals surface area contributed by atoms with Crippen molar-refractivity contribution in [3.05, 3.63) is 32.6 Å². The highest BCUT2D eigenvalue weighted by molar-refractivity contribution is 5.93. The van der Waals surface area contributed by atoms with E-state index in [0.717, 1.165) is 6.20 Å². The molecule has 1 amide bonds. The largest absolute Gasteiger partial charge is 0.396 e. The molecule has 0 aromatic carbocycles. The molecule has 0 radical (unpaired) electrons. The van der Waals surface area contributed by atoms with Gasteiger partial charge in [0, 0.05) is 18.8 Å². The van der Waals surface area contributed by atoms with Crippen molar-refractivity contribution in [3.8, 4) is 0 Å². The van der Waals surface area contributed by atoms with Crippen LogP contribution in [0.2, 0.25) is 0 Å². The van der Waals surface area contributed by atoms with Gasteiger partial charge in [-0.05, 0) is 13.3 Å². The minimum absolute atomic E-state index is 0.0522. The number of aromatic amines is 2. The normalized spacial score (nSPS) is 12.1. The smallest absolute Gasteiger partial charge is 0.325 e. The van der Waals surface area contributed by atoms with Gasteiger partial charge in [-0.15, -0.1) is 0 Å². The Hall–Kier alpha value is -1.89. The van der Waals surface area contributed by atoms with Gasteiger partial charge in [0.1, 0.15) is 5.56 Å². The summed E-state index contributed by atoms with van der Waals surface area (Å²) in [5, 5.41) is 11.2. The number of nitrogens with one attached hydrogen (secondary N) is 3. The Balaban J connectivity index is 2.81. The van der Waals surface area contributed by atoms with Crippen molar-refractivity contribution in [1.29, 1.82) is 0 Å². The lowest BCUT2D eigenvalue weighted by molar-refractivity contribution is 0.0932. The molecule has 0 saturated heterocycles. The fourth-order valence-electron chi connectivity index (χ4n) is 1.15. The predicted molar refractivity (Wildman–Crippen MR) is 56.3 cm³/mol. The Morgan fingerprint density at radius 3 is 2.81 bits per heavy atom. The molecule has 1 rings (SSSR count). The number of rotatable bonds is 4. The molecule has 1 unspecified atom stereocenters. The van der Waals surface area contributed by atoms with Crippen LogP contribution in [0.5, 0.6) is 0 Å². The average Bonchev–Trinajstić information content (AvgIpc) is 2.17. The molecular formula is C9H13N3O4. The zero-order valence-corrected chi connectivity index (χ0v) is 8.74. The maximum Gasteiger partial charge on any atom is 0.325 e. The summed E-state index contributed by atoms with van der Waals surface area (Å²) in [5.74, 6) is -0.585. The molecular weight excluding hydrogens is 214 g/mol. The van der Waals surface area contributed by atoms with Gasteiger partial charge in [0.05, 0.1) is 0 Å². The Labute approximate surface area is 90.5 Å². The molecule has 88 valence electrons. The van der Waals surface area contributed by atoms with Crippen molar-refractivity contribution in [2.24, 2.45) is 0 Å². The standard InChI is InChI=1S/C9H13N3O4/c1-5(2-3-13)11-7(14)6-4-10-9(16)12-8(6)15/h4-5,13H,2-3H2,1H3,(H,11,14)(H2,10,12,15,16). The summed E-state index contributed by atoms with van der Waals surface area (Å²) < 4.78 is 0. The molecule has 7 nitrogen and oxygen atoms in total. The molecule has 7 heteroatoms. The molecule has 0 spiro atoms. The molecule has 1 aromatic heterocycles. The lowest BCUT2D eigenvalue weighted by atomic mass is 10.2. The number of H-pyrrole nitrogens is 2. The topological polar surface area (TPSA) is 115 Å². The first-order valence-electron chi connectivity index (χ1n) is 4.78. The molecule has 1 heterocycles. The predicted octanol–water partition coefficient (Wildman–Crippen LogP) is -1.44. The number of carbonyl (C=O) groups excluding carboxylic acids is 1. The fourth-order valence-corrected chi connectivity index (χ4v) is 1.15. The van der Waals surface area contributed by atoms with Crippen molar-refractivity contribution >= 4 is 5.91 Å². The number of amides is 1. The van der Waals surface area contributed by atoms with Crippen LogP contribution in [0.3, 0.4) is 0 Å². The van der Waals surface area contributed by atoms with Crippen molar-refractivity contribution in [2.45, 2.75) is 19.4 Å². The quantitative estimate of drug-likeness (QED) is 0.504. The summed E-state index contributed by atoms with van der Waals surface area (Å²) in [6.45, 7) is 1.65. The van der Waals surface area contributed by atoms with Gasteiger partial charge in [0.15, 0.2) is 0 Å². The SMILES string of the molecule is CC(CCO)NC(=O)c1c[nH]c(=O)[nH]c1=O. The highest BCUT2D eigenvalue weighted by Gasteiger charge is 2.13. The van der Waals surface area contributed by atoms with Crippen LogP contribution >= 0.6 is 0 Å². The van der Waals surface area contributed by atoms with E-state index in [1.54, 1.807) is 6.92 Å². The fraction of sp³-hybridized carbons (Fsp3) is 0.444. The molecule has 1 atom stereocenters. The molecule has 0 aliphatic carbocycles. The van der Waals surface area contributed by atoms with Crippen LogP contribution in [0, 0.1) is 0 Å². The lowest BCUT2D eigenvalue weighted by Gasteiger charge is -2.11. The van der Waals surface area contributed by atoms with Gasteiger partial charge in [0.2, 0.25) is 0 Å². The van der Waals surface area contributed by atoms with E-state index in [-0.39, 0.29) is 18.2 Å². The van der Waals surface area contributed by atoms with Crippen LogP contribution in [0.15, 0.2) is 15.8 Å². The van der Waals surface area contributed by atoms with E-state index >= 15 is 0 Å². The minimum Gasteiger partial charge on any atom is -0.396 e. The third-order valence-electron chi connectivity index (χ3n) is 2.00. The summed E-state index contributed by atoms with van der Waals surface area (Å²) in [6, 6.07) is -0.246. The summed E-state index contributed by atoms with van der Waals surface area (Å²) in [6.07, 6.45) is 1.45. The molecule has 1 aromatic rings. The Kier molecular flexibility index (Phi) is 4.01. The van der Waals surface area contributed by atoms with E-state index < -0.39 is 17.2 Å². The second-order valence-corrected chi connectivity index (χ2v) is 3.37. The van der Waals surface area contributed by atoms with Crippen molar-refractivity contribution in [3.63, 3.8) is 0 Å². The van der Waals surface area contributed by atoms with Crippen LogP contribution in [-0.4, -0.2) is 33.6 Å². The number of aliphatic hydroxyl groups is 1. The van der Waals surface area contributed by atoms with Gasteiger partial charge in [-0.1, -0.05) is 0 Å². The lowest BCUT2D eigenvalue weighted by Crippen LogP contribution is -2.38. The van der Waals surface area contributed by atoms with E-state index in [9.17, 15) is 14.4 Å². The van der Waals surface area contributed by atoms with E-state index in [4.69, 9.17) is 5.11 Å². The highest BCUT2D eigenvalue weighted by Crippen LogP contribution is 1.92. The first kappa shape index (κ1) is 12.2. The van der Waals surface area contributed by atoms with Gasteiger partial charge in [0.25, 0.3) is 11.5 Å². The minimum atomic E-state index is -0.738. The summed E-state index contributed by atoms with van der Waals surface area (Å²) in [7, 11) is 0. The van der Waals surface area contributed by atoms with E-state index in [2.05, 4.69) is 10.3 Å². The summed E-state index contributed by atoms with van der Waals surface area (Å²) in [4.78, 5) is 37.6. The van der Waals surface area contributed by atoms with Crippen molar-refractivity contribution in [1.82, 2.24) is 15.3 Å². The van der Waals surface area contributed by atoms with Gasteiger partial charge in [-0.3, -0.25) is 14.6 Å². The molecule has 0 saturated carbocycles. The van der Waals surface area contributed by atoms with Gasteiger partial charge in [-0.25, -0.2) is 4.79 Å². The number of hydrogen-bond donors (Lipinski definition) is 4. The number of aromatic nitrogens is 2. The van der Waals surface area contributed by atoms with Gasteiger partial charge < -0.3 is 15.4 Å². The Bertz CT molecular complexity index is 476. The van der Waals surface area contributed by atoms with Crippen molar-refractivity contribution < 1.29 is 9.90 Å². The van der Waals surface area contributed by atoms with Crippen LogP contribution in [0.4, 0.5) is 0 Å². The molecule has 4 N–H and O–H groups in total. The third kappa shape index (κ3) is 3.06. The monoisotopic (exact) mass is 227 g/mol. The summed E-state index contributed by atoms with van der Waals surface area (Å²) >= 11 is 0.